The molecule has 2 aromatic carbocycles. The fourth-order valence-electron chi connectivity index (χ4n) is 4.84. The second kappa shape index (κ2) is 8.39. The van der Waals surface area contributed by atoms with Gasteiger partial charge >= 0.3 is 12.1 Å². The average molecular weight is 449 g/mol. The zero-order chi connectivity index (χ0) is 22.2. The Labute approximate surface area is 190 Å². The Morgan fingerprint density at radius 1 is 1.12 bits per heavy atom. The molecule has 0 spiro atoms. The van der Waals surface area contributed by atoms with E-state index in [-0.39, 0.29) is 17.9 Å². The first-order chi connectivity index (χ1) is 15.5. The maximum atomic E-state index is 12.8. The summed E-state index contributed by atoms with van der Waals surface area (Å²) in [4.78, 5) is 30.5. The first kappa shape index (κ1) is 20.7. The molecule has 1 aliphatic carbocycles. The fourth-order valence-corrected chi connectivity index (χ4v) is 5.85. The van der Waals surface area contributed by atoms with E-state index < -0.39 is 5.97 Å². The van der Waals surface area contributed by atoms with Crippen molar-refractivity contribution >= 4 is 23.4 Å². The molecule has 1 saturated heterocycles. The number of amides is 1. The number of aryl methyl sites for hydroxylation is 1. The van der Waals surface area contributed by atoms with Crippen LogP contribution in [0.4, 0.5) is 4.79 Å². The van der Waals surface area contributed by atoms with Crippen molar-refractivity contribution in [3.63, 3.8) is 0 Å². The van der Waals surface area contributed by atoms with Crippen molar-refractivity contribution in [1.29, 1.82) is 0 Å². The number of likely N-dealkylation sites (tertiary alicyclic amines) is 1. The number of aromatic nitrogens is 1. The van der Waals surface area contributed by atoms with E-state index in [0.717, 1.165) is 11.4 Å². The summed E-state index contributed by atoms with van der Waals surface area (Å²) in [6.45, 7) is 3.30. The Morgan fingerprint density at radius 3 is 2.41 bits per heavy atom. The van der Waals surface area contributed by atoms with Crippen LogP contribution in [0, 0.1) is 12.8 Å². The Bertz CT molecular complexity index is 1140. The molecule has 1 aromatic heterocycles. The lowest BCUT2D eigenvalue weighted by atomic mass is 9.98. The SMILES string of the molecule is Cc1nc(CC2CCN(C(=O)OCC3c4ccccc4-c4ccccc43)C2)sc1C(=O)O. The molecule has 5 rings (SSSR count). The summed E-state index contributed by atoms with van der Waals surface area (Å²) in [5.41, 5.74) is 5.39. The number of fused-ring (bicyclic) bond motifs is 3. The fraction of sp³-hybridized carbons (Fsp3) is 0.320. The van der Waals surface area contributed by atoms with Crippen LogP contribution in [0.25, 0.3) is 11.1 Å². The smallest absolute Gasteiger partial charge is 0.409 e. The van der Waals surface area contributed by atoms with E-state index in [2.05, 4.69) is 29.2 Å². The van der Waals surface area contributed by atoms with Gasteiger partial charge in [0, 0.05) is 25.4 Å². The molecule has 1 fully saturated rings. The van der Waals surface area contributed by atoms with Gasteiger partial charge in [-0.2, -0.15) is 0 Å². The van der Waals surface area contributed by atoms with Crippen molar-refractivity contribution in [2.24, 2.45) is 5.92 Å². The van der Waals surface area contributed by atoms with Gasteiger partial charge in [0.2, 0.25) is 0 Å². The lowest BCUT2D eigenvalue weighted by Gasteiger charge is -2.19. The zero-order valence-electron chi connectivity index (χ0n) is 17.8. The number of carboxylic acid groups (broad SMARTS) is 1. The van der Waals surface area contributed by atoms with Crippen LogP contribution in [-0.4, -0.2) is 46.7 Å². The highest BCUT2D eigenvalue weighted by atomic mass is 32.1. The first-order valence-electron chi connectivity index (χ1n) is 10.8. The highest BCUT2D eigenvalue weighted by Crippen LogP contribution is 2.44. The molecule has 6 nitrogen and oxygen atoms in total. The van der Waals surface area contributed by atoms with Crippen molar-refractivity contribution in [3.8, 4) is 11.1 Å². The van der Waals surface area contributed by atoms with Crippen LogP contribution in [-0.2, 0) is 11.2 Å². The number of carbonyl (C=O) groups excluding carboxylic acids is 1. The summed E-state index contributed by atoms with van der Waals surface area (Å²) in [5.74, 6) is -0.613. The number of ether oxygens (including phenoxy) is 1. The number of carbonyl (C=O) groups is 2. The predicted molar refractivity (Wildman–Crippen MR) is 122 cm³/mol. The van der Waals surface area contributed by atoms with Gasteiger partial charge in [0.25, 0.3) is 0 Å². The van der Waals surface area contributed by atoms with E-state index >= 15 is 0 Å². The molecule has 1 atom stereocenters. The van der Waals surface area contributed by atoms with Crippen LogP contribution in [0.1, 0.15) is 43.8 Å². The molecule has 2 heterocycles. The van der Waals surface area contributed by atoms with Gasteiger partial charge in [-0.1, -0.05) is 48.5 Å². The number of nitrogens with zero attached hydrogens (tertiary/aromatic N) is 2. The summed E-state index contributed by atoms with van der Waals surface area (Å²) in [5, 5.41) is 10.0. The van der Waals surface area contributed by atoms with E-state index in [9.17, 15) is 14.7 Å². The number of rotatable bonds is 5. The van der Waals surface area contributed by atoms with Gasteiger partial charge in [-0.25, -0.2) is 14.6 Å². The van der Waals surface area contributed by atoms with Crippen LogP contribution in [0.2, 0.25) is 0 Å². The van der Waals surface area contributed by atoms with Crippen molar-refractivity contribution in [2.75, 3.05) is 19.7 Å². The normalized spacial score (nSPS) is 17.3. The van der Waals surface area contributed by atoms with Crippen LogP contribution in [0.5, 0.6) is 0 Å². The van der Waals surface area contributed by atoms with Crippen LogP contribution < -0.4 is 0 Å². The maximum absolute atomic E-state index is 12.8. The number of carboxylic acids is 1. The Balaban J connectivity index is 1.21. The summed E-state index contributed by atoms with van der Waals surface area (Å²) in [6, 6.07) is 16.6. The summed E-state index contributed by atoms with van der Waals surface area (Å²) >= 11 is 1.23. The van der Waals surface area contributed by atoms with Gasteiger partial charge in [0.1, 0.15) is 11.5 Å². The average Bonchev–Trinajstić information content (AvgIpc) is 3.48. The van der Waals surface area contributed by atoms with Gasteiger partial charge in [-0.15, -0.1) is 11.3 Å². The Hall–Kier alpha value is -3.19. The number of hydrogen-bond donors (Lipinski definition) is 1. The molecule has 7 heteroatoms. The predicted octanol–water partition coefficient (Wildman–Crippen LogP) is 4.96. The van der Waals surface area contributed by atoms with Crippen molar-refractivity contribution in [1.82, 2.24) is 9.88 Å². The number of thiazole rings is 1. The van der Waals surface area contributed by atoms with Gasteiger partial charge in [0.15, 0.2) is 0 Å². The van der Waals surface area contributed by atoms with Crippen LogP contribution >= 0.6 is 11.3 Å². The second-order valence-electron chi connectivity index (χ2n) is 8.44. The first-order valence-corrected chi connectivity index (χ1v) is 11.6. The van der Waals surface area contributed by atoms with Gasteiger partial charge in [0.05, 0.1) is 10.7 Å². The number of hydrogen-bond acceptors (Lipinski definition) is 5. The topological polar surface area (TPSA) is 79.7 Å². The second-order valence-corrected chi connectivity index (χ2v) is 9.52. The Kier molecular flexibility index (Phi) is 5.43. The largest absolute Gasteiger partial charge is 0.477 e. The van der Waals surface area contributed by atoms with Gasteiger partial charge < -0.3 is 14.7 Å². The van der Waals surface area contributed by atoms with E-state index in [4.69, 9.17) is 4.74 Å². The molecular formula is C25H24N2O4S. The highest BCUT2D eigenvalue weighted by molar-refractivity contribution is 7.13. The molecule has 1 aliphatic heterocycles. The molecule has 0 bridgehead atoms. The van der Waals surface area contributed by atoms with E-state index in [1.807, 2.05) is 24.3 Å². The molecule has 32 heavy (non-hydrogen) atoms. The molecule has 0 radical (unpaired) electrons. The Morgan fingerprint density at radius 2 is 1.78 bits per heavy atom. The van der Waals surface area contributed by atoms with E-state index in [0.29, 0.717) is 36.7 Å². The monoisotopic (exact) mass is 448 g/mol. The van der Waals surface area contributed by atoms with E-state index in [1.165, 1.54) is 33.6 Å². The summed E-state index contributed by atoms with van der Waals surface area (Å²) < 4.78 is 5.77. The molecular weight excluding hydrogens is 424 g/mol. The molecule has 164 valence electrons. The minimum Gasteiger partial charge on any atom is -0.477 e. The molecule has 2 aliphatic rings. The van der Waals surface area contributed by atoms with E-state index in [1.54, 1.807) is 11.8 Å². The molecule has 0 saturated carbocycles. The van der Waals surface area contributed by atoms with Crippen molar-refractivity contribution in [2.45, 2.75) is 25.7 Å². The standard InChI is InChI=1S/C25H24N2O4S/c1-15-23(24(28)29)32-22(26-15)12-16-10-11-27(13-16)25(30)31-14-21-19-8-4-2-6-17(19)18-7-3-5-9-20(18)21/h2-9,16,21H,10-14H2,1H3,(H,28,29). The molecule has 3 aromatic rings. The number of benzene rings is 2. The van der Waals surface area contributed by atoms with Crippen molar-refractivity contribution in [3.05, 3.63) is 75.2 Å². The molecule has 1 unspecified atom stereocenters. The van der Waals surface area contributed by atoms with Crippen molar-refractivity contribution < 1.29 is 19.4 Å². The minimum absolute atomic E-state index is 0.0532. The third-order valence-electron chi connectivity index (χ3n) is 6.38. The molecule has 1 N–H and O–H groups in total. The third-order valence-corrected chi connectivity index (χ3v) is 7.55. The van der Waals surface area contributed by atoms with Gasteiger partial charge in [-0.05, 0) is 41.5 Å². The quantitative estimate of drug-likeness (QED) is 0.597. The zero-order valence-corrected chi connectivity index (χ0v) is 18.6. The lowest BCUT2D eigenvalue weighted by Crippen LogP contribution is -2.30. The molecule has 1 amide bonds. The van der Waals surface area contributed by atoms with Gasteiger partial charge in [-0.3, -0.25) is 0 Å². The third kappa shape index (κ3) is 3.77. The lowest BCUT2D eigenvalue weighted by molar-refractivity contribution is 0.0701. The van der Waals surface area contributed by atoms with Crippen LogP contribution in [0.3, 0.4) is 0 Å². The maximum Gasteiger partial charge on any atom is 0.409 e. The minimum atomic E-state index is -0.932. The highest BCUT2D eigenvalue weighted by Gasteiger charge is 2.32. The number of aromatic carboxylic acids is 1. The summed E-state index contributed by atoms with van der Waals surface area (Å²) in [7, 11) is 0. The van der Waals surface area contributed by atoms with Crippen LogP contribution in [0.15, 0.2) is 48.5 Å². The summed E-state index contributed by atoms with van der Waals surface area (Å²) in [6.07, 6.45) is 1.27.